The molecule has 6 aliphatic carbocycles. The van der Waals surface area contributed by atoms with E-state index in [1.54, 1.807) is 13.8 Å². The highest BCUT2D eigenvalue weighted by Gasteiger charge is 2.72. The van der Waals surface area contributed by atoms with Gasteiger partial charge in [0.1, 0.15) is 6.10 Å². The smallest absolute Gasteiger partial charge is 0.309 e. The molecule has 0 aromatic carbocycles. The lowest BCUT2D eigenvalue weighted by Gasteiger charge is -2.72. The van der Waals surface area contributed by atoms with Gasteiger partial charge in [-0.15, -0.1) is 0 Å². The van der Waals surface area contributed by atoms with Gasteiger partial charge in [0.2, 0.25) is 5.91 Å². The molecule has 8 fully saturated rings. The first-order valence-electron chi connectivity index (χ1n) is 23.6. The maximum Gasteiger partial charge on any atom is 0.309 e. The Hall–Kier alpha value is -1.71. The van der Waals surface area contributed by atoms with Crippen molar-refractivity contribution in [1.82, 2.24) is 14.7 Å². The standard InChI is InChI=1S/C48H79N3O6/c1-43(2,42(54)55)31-39(52)57-38-15-16-46(6)36(44(38,3)4)14-17-47(7)37(46)13-12-35-40-32(10-11-34(40)45(5)18-19-45)33(30-48(35,47)8)41(53)51-24-22-49(23-25-51)20-9-21-50-26-28-56-29-27-50/h32-38,40H,9-31H2,1-8H3,(H,54,55)/t32?,33-,34+,35+,36-,37+,38-,40+,46-,47+,48+/m0/s1. The number of carboxylic acids is 1. The Balaban J connectivity index is 0.998. The van der Waals surface area contributed by atoms with Crippen molar-refractivity contribution in [3.05, 3.63) is 0 Å². The van der Waals surface area contributed by atoms with Crippen molar-refractivity contribution in [1.29, 1.82) is 0 Å². The number of fused-ring (bicyclic) bond motifs is 7. The first-order valence-corrected chi connectivity index (χ1v) is 23.6. The van der Waals surface area contributed by atoms with Crippen molar-refractivity contribution < 1.29 is 29.0 Å². The van der Waals surface area contributed by atoms with Gasteiger partial charge in [-0.2, -0.15) is 0 Å². The first-order chi connectivity index (χ1) is 26.8. The second-order valence-corrected chi connectivity index (χ2v) is 23.2. The third kappa shape index (κ3) is 7.13. The molecule has 8 rings (SSSR count). The van der Waals surface area contributed by atoms with Gasteiger partial charge in [-0.25, -0.2) is 0 Å². The van der Waals surface area contributed by atoms with E-state index in [1.807, 2.05) is 0 Å². The van der Waals surface area contributed by atoms with Gasteiger partial charge >= 0.3 is 11.9 Å². The van der Waals surface area contributed by atoms with Gasteiger partial charge in [0, 0.05) is 50.6 Å². The van der Waals surface area contributed by atoms with Crippen molar-refractivity contribution >= 4 is 17.8 Å². The van der Waals surface area contributed by atoms with Crippen molar-refractivity contribution in [3.8, 4) is 0 Å². The zero-order valence-corrected chi connectivity index (χ0v) is 37.2. The Bertz CT molecular complexity index is 1530. The van der Waals surface area contributed by atoms with Gasteiger partial charge in [0.25, 0.3) is 0 Å². The topological polar surface area (TPSA) is 99.6 Å². The molecule has 1 unspecified atom stereocenters. The van der Waals surface area contributed by atoms with Crippen LogP contribution < -0.4 is 0 Å². The number of hydrogen-bond acceptors (Lipinski definition) is 7. The molecule has 0 bridgehead atoms. The van der Waals surface area contributed by atoms with Gasteiger partial charge < -0.3 is 19.5 Å². The average molecular weight is 794 g/mol. The highest BCUT2D eigenvalue weighted by Crippen LogP contribution is 2.78. The van der Waals surface area contributed by atoms with E-state index < -0.39 is 11.4 Å². The van der Waals surface area contributed by atoms with E-state index in [1.165, 1.54) is 51.4 Å². The summed E-state index contributed by atoms with van der Waals surface area (Å²) in [6.45, 7) is 28.2. The lowest BCUT2D eigenvalue weighted by atomic mass is 9.32. The summed E-state index contributed by atoms with van der Waals surface area (Å²) in [6.07, 6.45) is 13.9. The van der Waals surface area contributed by atoms with Crippen LogP contribution in [0.4, 0.5) is 0 Å². The molecule has 9 heteroatoms. The van der Waals surface area contributed by atoms with E-state index in [9.17, 15) is 14.7 Å². The fraction of sp³-hybridized carbons (Fsp3) is 0.938. The van der Waals surface area contributed by atoms with Crippen molar-refractivity contribution in [3.63, 3.8) is 0 Å². The van der Waals surface area contributed by atoms with E-state index in [0.29, 0.717) is 40.9 Å². The number of morpholine rings is 1. The van der Waals surface area contributed by atoms with Gasteiger partial charge in [0.15, 0.2) is 0 Å². The fourth-order valence-corrected chi connectivity index (χ4v) is 15.9. The Morgan fingerprint density at radius 2 is 1.39 bits per heavy atom. The molecule has 2 aliphatic heterocycles. The molecule has 8 aliphatic rings. The number of aliphatic carboxylic acids is 1. The summed E-state index contributed by atoms with van der Waals surface area (Å²) in [5.41, 5.74) is -0.495. The Kier molecular flexibility index (Phi) is 11.1. The van der Waals surface area contributed by atoms with E-state index >= 15 is 4.79 Å². The monoisotopic (exact) mass is 794 g/mol. The molecule has 0 radical (unpaired) electrons. The molecule has 322 valence electrons. The van der Waals surface area contributed by atoms with Crippen molar-refractivity contribution in [2.75, 3.05) is 65.6 Å². The summed E-state index contributed by atoms with van der Waals surface area (Å²) < 4.78 is 11.8. The molecule has 0 aromatic heterocycles. The van der Waals surface area contributed by atoms with E-state index in [0.717, 1.165) is 97.2 Å². The lowest BCUT2D eigenvalue weighted by molar-refractivity contribution is -0.251. The third-order valence-corrected chi connectivity index (χ3v) is 19.7. The maximum absolute atomic E-state index is 15.1. The SMILES string of the molecule is CC(C)(CC(=O)O[C@H]1CC[C@]2(C)[C@H]3CC[C@@H]4[C@@H]5C(CC[C@H]5C5(C)CC5)[C@@H](C(=O)N5CCN(CCCN6CCOCC6)CC5)C[C@@]4(C)[C@]3(C)CC[C@H]2C1(C)C)C(=O)O. The van der Waals surface area contributed by atoms with Crippen LogP contribution in [-0.2, 0) is 23.9 Å². The van der Waals surface area contributed by atoms with Gasteiger partial charge in [-0.05, 0) is 161 Å². The number of carboxylic acid groups (broad SMARTS) is 1. The van der Waals surface area contributed by atoms with Crippen LogP contribution >= 0.6 is 0 Å². The van der Waals surface area contributed by atoms with Crippen LogP contribution in [0.5, 0.6) is 0 Å². The summed E-state index contributed by atoms with van der Waals surface area (Å²) in [7, 11) is 0. The summed E-state index contributed by atoms with van der Waals surface area (Å²) >= 11 is 0. The van der Waals surface area contributed by atoms with Crippen molar-refractivity contribution in [2.45, 2.75) is 145 Å². The minimum absolute atomic E-state index is 0.107. The minimum atomic E-state index is -1.14. The van der Waals surface area contributed by atoms with E-state index in [4.69, 9.17) is 9.47 Å². The Labute approximate surface area is 345 Å². The van der Waals surface area contributed by atoms with Crippen LogP contribution in [0.2, 0.25) is 0 Å². The number of amides is 1. The number of hydrogen-bond donors (Lipinski definition) is 1. The number of nitrogens with zero attached hydrogens (tertiary/aromatic N) is 3. The van der Waals surface area contributed by atoms with Crippen molar-refractivity contribution in [2.24, 2.45) is 73.9 Å². The number of carbonyl (C=O) groups is 3. The molecule has 2 heterocycles. The normalized spacial score (nSPS) is 42.9. The molecule has 57 heavy (non-hydrogen) atoms. The van der Waals surface area contributed by atoms with Gasteiger partial charge in [0.05, 0.1) is 25.0 Å². The average Bonchev–Trinajstić information content (AvgIpc) is 3.74. The van der Waals surface area contributed by atoms with E-state index in [2.05, 4.69) is 56.2 Å². The quantitative estimate of drug-likeness (QED) is 0.222. The summed E-state index contributed by atoms with van der Waals surface area (Å²) in [5, 5.41) is 9.68. The fourth-order valence-electron chi connectivity index (χ4n) is 15.9. The second kappa shape index (κ2) is 15.0. The Morgan fingerprint density at radius 1 is 0.737 bits per heavy atom. The van der Waals surface area contributed by atoms with E-state index in [-0.39, 0.29) is 46.1 Å². The number of ether oxygens (including phenoxy) is 2. The maximum atomic E-state index is 15.1. The molecule has 6 saturated carbocycles. The number of esters is 1. The second-order valence-electron chi connectivity index (χ2n) is 23.2. The van der Waals surface area contributed by atoms with Crippen LogP contribution in [-0.4, -0.2) is 109 Å². The molecule has 9 nitrogen and oxygen atoms in total. The lowest BCUT2D eigenvalue weighted by Crippen LogP contribution is -2.67. The number of carbonyl (C=O) groups excluding carboxylic acids is 2. The predicted molar refractivity (Wildman–Crippen MR) is 222 cm³/mol. The summed E-state index contributed by atoms with van der Waals surface area (Å²) in [4.78, 5) is 47.6. The molecule has 11 atom stereocenters. The molecule has 1 amide bonds. The largest absolute Gasteiger partial charge is 0.481 e. The molecular formula is C48H79N3O6. The summed E-state index contributed by atoms with van der Waals surface area (Å²) in [6, 6.07) is 0. The van der Waals surface area contributed by atoms with Crippen LogP contribution in [0.15, 0.2) is 0 Å². The zero-order chi connectivity index (χ0) is 40.8. The minimum Gasteiger partial charge on any atom is -0.481 e. The zero-order valence-electron chi connectivity index (χ0n) is 37.2. The number of piperazine rings is 1. The molecule has 1 N–H and O–H groups in total. The summed E-state index contributed by atoms with van der Waals surface area (Å²) in [5.74, 6) is 2.90. The van der Waals surface area contributed by atoms with Crippen LogP contribution in [0.1, 0.15) is 139 Å². The van der Waals surface area contributed by atoms with Gasteiger partial charge in [-0.1, -0.05) is 41.5 Å². The highest BCUT2D eigenvalue weighted by molar-refractivity contribution is 5.81. The van der Waals surface area contributed by atoms with Gasteiger partial charge in [-0.3, -0.25) is 24.2 Å². The third-order valence-electron chi connectivity index (χ3n) is 19.7. The molecule has 0 aromatic rings. The van der Waals surface area contributed by atoms with Crippen LogP contribution in [0.25, 0.3) is 0 Å². The number of rotatable bonds is 10. The predicted octanol–water partition coefficient (Wildman–Crippen LogP) is 8.00. The molecule has 0 spiro atoms. The molecule has 2 saturated heterocycles. The van der Waals surface area contributed by atoms with Crippen LogP contribution in [0, 0.1) is 73.9 Å². The van der Waals surface area contributed by atoms with Crippen LogP contribution in [0.3, 0.4) is 0 Å². The first kappa shape index (κ1) is 42.0. The molecular weight excluding hydrogens is 715 g/mol. The Morgan fingerprint density at radius 3 is 2.04 bits per heavy atom. The highest BCUT2D eigenvalue weighted by atomic mass is 16.5.